The molecule has 1 fully saturated rings. The van der Waals surface area contributed by atoms with Gasteiger partial charge in [-0.15, -0.1) is 11.6 Å². The van der Waals surface area contributed by atoms with Gasteiger partial charge in [-0.1, -0.05) is 26.0 Å². The number of benzene rings is 1. The zero-order valence-corrected chi connectivity index (χ0v) is 11.2. The number of hydrogen-bond donors (Lipinski definition) is 0. The lowest BCUT2D eigenvalue weighted by Gasteiger charge is -2.37. The quantitative estimate of drug-likeness (QED) is 0.721. The zero-order chi connectivity index (χ0) is 12.4. The second-order valence-electron chi connectivity index (χ2n) is 5.07. The molecule has 94 valence electrons. The Kier molecular flexibility index (Phi) is 3.93. The maximum Gasteiger partial charge on any atom is 0.146 e. The maximum atomic E-state index is 13.9. The molecule has 0 saturated carbocycles. The average Bonchev–Trinajstić information content (AvgIpc) is 2.32. The summed E-state index contributed by atoms with van der Waals surface area (Å²) in [5.41, 5.74) is 1.61. The molecule has 1 aliphatic rings. The lowest BCUT2D eigenvalue weighted by molar-refractivity contribution is 0.322. The van der Waals surface area contributed by atoms with E-state index in [1.165, 1.54) is 6.07 Å². The Labute approximate surface area is 108 Å². The van der Waals surface area contributed by atoms with Crippen LogP contribution in [0, 0.1) is 17.7 Å². The highest BCUT2D eigenvalue weighted by molar-refractivity contribution is 6.17. The van der Waals surface area contributed by atoms with Crippen molar-refractivity contribution in [2.24, 2.45) is 11.8 Å². The van der Waals surface area contributed by atoms with Crippen molar-refractivity contribution < 1.29 is 4.39 Å². The van der Waals surface area contributed by atoms with E-state index < -0.39 is 0 Å². The van der Waals surface area contributed by atoms with E-state index in [2.05, 4.69) is 18.7 Å². The van der Waals surface area contributed by atoms with E-state index in [4.69, 9.17) is 11.6 Å². The first-order valence-corrected chi connectivity index (χ1v) is 6.75. The third-order valence-electron chi connectivity index (χ3n) is 3.86. The lowest BCUT2D eigenvalue weighted by Crippen LogP contribution is -2.39. The molecule has 1 heterocycles. The lowest BCUT2D eigenvalue weighted by atomic mass is 9.88. The van der Waals surface area contributed by atoms with E-state index in [0.29, 0.717) is 17.5 Å². The van der Waals surface area contributed by atoms with Gasteiger partial charge in [0.15, 0.2) is 0 Å². The van der Waals surface area contributed by atoms with Gasteiger partial charge in [-0.2, -0.15) is 0 Å². The molecule has 0 N–H and O–H groups in total. The number of piperidine rings is 1. The van der Waals surface area contributed by atoms with E-state index in [0.717, 1.165) is 31.0 Å². The van der Waals surface area contributed by atoms with Gasteiger partial charge in [0.25, 0.3) is 0 Å². The van der Waals surface area contributed by atoms with Crippen LogP contribution in [0.3, 0.4) is 0 Å². The van der Waals surface area contributed by atoms with Crippen molar-refractivity contribution in [1.29, 1.82) is 0 Å². The van der Waals surface area contributed by atoms with Crippen molar-refractivity contribution in [3.8, 4) is 0 Å². The minimum absolute atomic E-state index is 0.148. The number of hydrogen-bond acceptors (Lipinski definition) is 1. The molecule has 2 rings (SSSR count). The van der Waals surface area contributed by atoms with Gasteiger partial charge < -0.3 is 4.90 Å². The number of nitrogens with zero attached hydrogens (tertiary/aromatic N) is 1. The predicted octanol–water partition coefficient (Wildman–Crippen LogP) is 4.05. The van der Waals surface area contributed by atoms with Gasteiger partial charge in [-0.3, -0.25) is 0 Å². The van der Waals surface area contributed by atoms with Gasteiger partial charge >= 0.3 is 0 Å². The zero-order valence-electron chi connectivity index (χ0n) is 10.4. The van der Waals surface area contributed by atoms with Crippen molar-refractivity contribution in [1.82, 2.24) is 0 Å². The van der Waals surface area contributed by atoms with Crippen molar-refractivity contribution in [3.05, 3.63) is 29.6 Å². The van der Waals surface area contributed by atoms with Crippen LogP contribution in [0.15, 0.2) is 18.2 Å². The van der Waals surface area contributed by atoms with Gasteiger partial charge in [0, 0.05) is 19.0 Å². The molecule has 2 unspecified atom stereocenters. The molecule has 17 heavy (non-hydrogen) atoms. The summed E-state index contributed by atoms with van der Waals surface area (Å²) < 4.78 is 13.9. The van der Waals surface area contributed by atoms with Crippen LogP contribution >= 0.6 is 11.6 Å². The topological polar surface area (TPSA) is 3.24 Å². The SMILES string of the molecule is CC1CCN(c2c(F)cccc2CCl)CC1C. The first kappa shape index (κ1) is 12.7. The Morgan fingerprint density at radius 1 is 1.35 bits per heavy atom. The number of halogens is 2. The first-order valence-electron chi connectivity index (χ1n) is 6.21. The molecule has 1 aliphatic heterocycles. The Morgan fingerprint density at radius 3 is 2.76 bits per heavy atom. The highest BCUT2D eigenvalue weighted by atomic mass is 35.5. The summed E-state index contributed by atoms with van der Waals surface area (Å²) >= 11 is 5.89. The fraction of sp³-hybridized carbons (Fsp3) is 0.571. The number of alkyl halides is 1. The summed E-state index contributed by atoms with van der Waals surface area (Å²) in [4.78, 5) is 2.15. The predicted molar refractivity (Wildman–Crippen MR) is 71.1 cm³/mol. The molecule has 0 aliphatic carbocycles. The smallest absolute Gasteiger partial charge is 0.146 e. The van der Waals surface area contributed by atoms with Gasteiger partial charge in [-0.25, -0.2) is 4.39 Å². The average molecular weight is 256 g/mol. The summed E-state index contributed by atoms with van der Waals surface area (Å²) in [5.74, 6) is 1.54. The molecule has 1 nitrogen and oxygen atoms in total. The van der Waals surface area contributed by atoms with Gasteiger partial charge in [0.1, 0.15) is 5.82 Å². The van der Waals surface area contributed by atoms with Crippen molar-refractivity contribution in [3.63, 3.8) is 0 Å². The summed E-state index contributed by atoms with van der Waals surface area (Å²) in [7, 11) is 0. The van der Waals surface area contributed by atoms with E-state index in [-0.39, 0.29) is 5.82 Å². The summed E-state index contributed by atoms with van der Waals surface area (Å²) in [6, 6.07) is 5.16. The van der Waals surface area contributed by atoms with E-state index in [1.807, 2.05) is 6.07 Å². The van der Waals surface area contributed by atoms with E-state index >= 15 is 0 Å². The van der Waals surface area contributed by atoms with Crippen LogP contribution < -0.4 is 4.90 Å². The highest BCUT2D eigenvalue weighted by Gasteiger charge is 2.25. The minimum atomic E-state index is -0.148. The molecule has 0 radical (unpaired) electrons. The van der Waals surface area contributed by atoms with Crippen LogP contribution in [0.25, 0.3) is 0 Å². The maximum absolute atomic E-state index is 13.9. The molecule has 0 spiro atoms. The van der Waals surface area contributed by atoms with Gasteiger partial charge in [-0.05, 0) is 29.9 Å². The summed E-state index contributed by atoms with van der Waals surface area (Å²) in [5, 5.41) is 0. The summed E-state index contributed by atoms with van der Waals surface area (Å²) in [6.07, 6.45) is 1.12. The third-order valence-corrected chi connectivity index (χ3v) is 4.15. The van der Waals surface area contributed by atoms with Crippen molar-refractivity contribution >= 4 is 17.3 Å². The van der Waals surface area contributed by atoms with E-state index in [1.54, 1.807) is 6.07 Å². The molecule has 1 saturated heterocycles. The molecule has 0 amide bonds. The molecule has 1 aromatic rings. The molecule has 2 atom stereocenters. The Bertz CT molecular complexity index is 394. The highest BCUT2D eigenvalue weighted by Crippen LogP contribution is 2.31. The van der Waals surface area contributed by atoms with Crippen molar-refractivity contribution in [2.45, 2.75) is 26.1 Å². The van der Waals surface area contributed by atoms with Crippen LogP contribution in [-0.4, -0.2) is 13.1 Å². The Hall–Kier alpha value is -0.760. The van der Waals surface area contributed by atoms with Crippen LogP contribution in [0.1, 0.15) is 25.8 Å². The Morgan fingerprint density at radius 2 is 2.12 bits per heavy atom. The third kappa shape index (κ3) is 2.57. The molecule has 3 heteroatoms. The van der Waals surface area contributed by atoms with Crippen LogP contribution in [0.5, 0.6) is 0 Å². The number of rotatable bonds is 2. The number of anilines is 1. The second-order valence-corrected chi connectivity index (χ2v) is 5.34. The van der Waals surface area contributed by atoms with Gasteiger partial charge in [0.2, 0.25) is 0 Å². The first-order chi connectivity index (χ1) is 8.13. The normalized spacial score (nSPS) is 25.1. The minimum Gasteiger partial charge on any atom is -0.369 e. The monoisotopic (exact) mass is 255 g/mol. The summed E-state index contributed by atoms with van der Waals surface area (Å²) in [6.45, 7) is 6.35. The van der Waals surface area contributed by atoms with Crippen LogP contribution in [0.4, 0.5) is 10.1 Å². The second kappa shape index (κ2) is 5.26. The molecular formula is C14H19ClFN. The largest absolute Gasteiger partial charge is 0.369 e. The van der Waals surface area contributed by atoms with E-state index in [9.17, 15) is 4.39 Å². The Balaban J connectivity index is 2.28. The fourth-order valence-corrected chi connectivity index (χ4v) is 2.70. The van der Waals surface area contributed by atoms with Crippen LogP contribution in [-0.2, 0) is 5.88 Å². The van der Waals surface area contributed by atoms with Crippen LogP contribution in [0.2, 0.25) is 0 Å². The number of para-hydroxylation sites is 1. The molecule has 1 aromatic carbocycles. The fourth-order valence-electron chi connectivity index (χ4n) is 2.49. The standard InChI is InChI=1S/C14H19ClFN/c1-10-6-7-17(9-11(10)2)14-12(8-15)4-3-5-13(14)16/h3-5,10-11H,6-9H2,1-2H3. The molecular weight excluding hydrogens is 237 g/mol. The molecule has 0 bridgehead atoms. The van der Waals surface area contributed by atoms with Gasteiger partial charge in [0.05, 0.1) is 5.69 Å². The molecule has 0 aromatic heterocycles. The van der Waals surface area contributed by atoms with Crippen molar-refractivity contribution in [2.75, 3.05) is 18.0 Å².